The number of carbonyl (C=O) groups excluding carboxylic acids is 2. The van der Waals surface area contributed by atoms with Gasteiger partial charge in [0.05, 0.1) is 114 Å². The predicted octanol–water partition coefficient (Wildman–Crippen LogP) is 7.08. The molecular weight excluding hydrogens is 1030 g/mol. The smallest absolute Gasteiger partial charge is 0.182 e. The summed E-state index contributed by atoms with van der Waals surface area (Å²) in [5.74, 6) is 0.0424. The maximum atomic E-state index is 12.5. The van der Waals surface area contributed by atoms with E-state index >= 15 is 0 Å². The fraction of sp³-hybridized carbons (Fsp3) is 0.591. The number of alkyl halides is 2. The second-order valence-corrected chi connectivity index (χ2v) is 16.2. The van der Waals surface area contributed by atoms with E-state index < -0.39 is 13.3 Å². The number of aromatic nitrogens is 4. The van der Waals surface area contributed by atoms with E-state index in [-0.39, 0.29) is 24.8 Å². The van der Waals surface area contributed by atoms with Crippen molar-refractivity contribution in [3.63, 3.8) is 0 Å². The van der Waals surface area contributed by atoms with E-state index in [0.29, 0.717) is 90.3 Å². The number of halogens is 4. The zero-order chi connectivity index (χ0) is 44.6. The normalized spacial score (nSPS) is 11.5. The molecule has 62 heavy (non-hydrogen) atoms. The third-order valence-electron chi connectivity index (χ3n) is 9.27. The molecule has 2 aromatic carbocycles. The lowest BCUT2D eigenvalue weighted by Gasteiger charge is -2.20. The first-order chi connectivity index (χ1) is 30.3. The van der Waals surface area contributed by atoms with Gasteiger partial charge in [0.15, 0.2) is 11.6 Å². The second kappa shape index (κ2) is 33.9. The van der Waals surface area contributed by atoms with Crippen molar-refractivity contribution in [2.45, 2.75) is 39.5 Å². The molecule has 0 aliphatic carbocycles. The molecule has 344 valence electrons. The number of fused-ring (bicyclic) bond motifs is 2. The van der Waals surface area contributed by atoms with Gasteiger partial charge in [0.25, 0.3) is 0 Å². The van der Waals surface area contributed by atoms with Gasteiger partial charge >= 0.3 is 0 Å². The van der Waals surface area contributed by atoms with Crippen LogP contribution in [0.5, 0.6) is 0 Å². The fourth-order valence-corrected chi connectivity index (χ4v) is 6.80. The van der Waals surface area contributed by atoms with Gasteiger partial charge in [-0.25, -0.2) is 18.7 Å². The zero-order valence-electron chi connectivity index (χ0n) is 36.1. The quantitative estimate of drug-likeness (QED) is 0.0267. The highest BCUT2D eigenvalue weighted by atomic mass is 127. The fourth-order valence-electron chi connectivity index (χ4n) is 5.86. The zero-order valence-corrected chi connectivity index (χ0v) is 40.4. The maximum absolute atomic E-state index is 12.5. The standard InChI is InChI=1S/2C22H31FIN3O4/c2*1-2-27(9-11-30-13-15-31-14-12-29-10-7-23)8-3-4-22(28)21-17-25-20-16-18(24)5-6-19(20)26-21/h2*5-6,16-17H,2-4,7-15H2,1H3/i24-2;. The number of likely N-dealkylation sites (N-methyl/N-ethyl adjacent to an activating group) is 2. The van der Waals surface area contributed by atoms with Gasteiger partial charge in [-0.3, -0.25) is 19.6 Å². The molecule has 4 aromatic rings. The average molecular weight is 1090 g/mol. The molecule has 2 heterocycles. The minimum atomic E-state index is -0.470. The van der Waals surface area contributed by atoms with Crippen molar-refractivity contribution >= 4 is 78.8 Å². The summed E-state index contributed by atoms with van der Waals surface area (Å²) in [7, 11) is 0. The number of ether oxygens (including phenoxy) is 6. The summed E-state index contributed by atoms with van der Waals surface area (Å²) in [5, 5.41) is 0. The van der Waals surface area contributed by atoms with Crippen LogP contribution in [0.25, 0.3) is 22.1 Å². The first-order valence-corrected chi connectivity index (χ1v) is 23.4. The molecule has 0 aliphatic rings. The molecule has 4 rings (SSSR count). The highest BCUT2D eigenvalue weighted by Gasteiger charge is 2.13. The molecule has 2 aromatic heterocycles. The van der Waals surface area contributed by atoms with Crippen LogP contribution >= 0.6 is 45.2 Å². The van der Waals surface area contributed by atoms with Gasteiger partial charge in [0.2, 0.25) is 0 Å². The largest absolute Gasteiger partial charge is 0.378 e. The molecule has 0 aliphatic heterocycles. The van der Waals surface area contributed by atoms with Crippen LogP contribution in [0.3, 0.4) is 0 Å². The van der Waals surface area contributed by atoms with Crippen molar-refractivity contribution in [1.82, 2.24) is 29.7 Å². The SMILES string of the molecule is CCN(CCCC(=O)c1cnc2cc(I)ccc2n1)CCOCCOCCOCCF.CCN(CCCC(=O)c1cnc2cc([125I])ccc2n1)CCOCCOCCOCCF. The van der Waals surface area contributed by atoms with Crippen LogP contribution in [0.15, 0.2) is 48.8 Å². The Hall–Kier alpha value is -2.54. The Bertz CT molecular complexity index is 1720. The molecule has 0 bridgehead atoms. The summed E-state index contributed by atoms with van der Waals surface area (Å²) < 4.78 is 57.7. The summed E-state index contributed by atoms with van der Waals surface area (Å²) in [6, 6.07) is 11.6. The van der Waals surface area contributed by atoms with Crippen LogP contribution < -0.4 is 0 Å². The number of nitrogens with zero attached hydrogens (tertiary/aromatic N) is 6. The highest BCUT2D eigenvalue weighted by molar-refractivity contribution is 14.1. The van der Waals surface area contributed by atoms with Gasteiger partial charge in [-0.1, -0.05) is 13.8 Å². The molecule has 0 unspecified atom stereocenters. The number of carbonyl (C=O) groups is 2. The second-order valence-electron chi connectivity index (χ2n) is 13.8. The summed E-state index contributed by atoms with van der Waals surface area (Å²) in [5.41, 5.74) is 3.95. The number of ketones is 2. The number of Topliss-reactive ketones (excluding diaryl/α,β-unsaturated/α-hetero) is 2. The van der Waals surface area contributed by atoms with Crippen LogP contribution in [0.1, 0.15) is 60.5 Å². The van der Waals surface area contributed by atoms with Crippen LogP contribution in [-0.4, -0.2) is 173 Å². The minimum Gasteiger partial charge on any atom is -0.378 e. The van der Waals surface area contributed by atoms with Crippen molar-refractivity contribution < 1.29 is 46.8 Å². The predicted molar refractivity (Wildman–Crippen MR) is 253 cm³/mol. The van der Waals surface area contributed by atoms with Crippen molar-refractivity contribution in [3.8, 4) is 0 Å². The van der Waals surface area contributed by atoms with E-state index in [9.17, 15) is 18.4 Å². The van der Waals surface area contributed by atoms with Crippen LogP contribution in [0.2, 0.25) is 0 Å². The Morgan fingerprint density at radius 3 is 1.40 bits per heavy atom. The lowest BCUT2D eigenvalue weighted by atomic mass is 10.1. The van der Waals surface area contributed by atoms with Gasteiger partial charge in [-0.05, 0) is 121 Å². The molecule has 0 saturated carbocycles. The third-order valence-corrected chi connectivity index (χ3v) is 10.6. The van der Waals surface area contributed by atoms with Crippen molar-refractivity contribution in [1.29, 1.82) is 0 Å². The molecule has 0 amide bonds. The molecule has 0 radical (unpaired) electrons. The number of hydrogen-bond donors (Lipinski definition) is 0. The summed E-state index contributed by atoms with van der Waals surface area (Å²) in [4.78, 5) is 47.1. The van der Waals surface area contributed by atoms with Crippen LogP contribution in [-0.2, 0) is 28.4 Å². The Kier molecular flexibility index (Phi) is 29.4. The van der Waals surface area contributed by atoms with E-state index in [0.717, 1.165) is 81.3 Å². The summed E-state index contributed by atoms with van der Waals surface area (Å²) in [6.07, 6.45) is 5.56. The molecule has 14 nitrogen and oxygen atoms in total. The van der Waals surface area contributed by atoms with E-state index in [1.807, 2.05) is 36.4 Å². The highest BCUT2D eigenvalue weighted by Crippen LogP contribution is 2.16. The number of benzene rings is 2. The number of hydrogen-bond acceptors (Lipinski definition) is 14. The lowest BCUT2D eigenvalue weighted by Crippen LogP contribution is -2.29. The van der Waals surface area contributed by atoms with E-state index in [1.54, 1.807) is 12.4 Å². The van der Waals surface area contributed by atoms with Gasteiger partial charge in [-0.2, -0.15) is 0 Å². The van der Waals surface area contributed by atoms with Crippen molar-refractivity contribution in [2.24, 2.45) is 0 Å². The van der Waals surface area contributed by atoms with E-state index in [1.165, 1.54) is 0 Å². The Labute approximate surface area is 391 Å². The van der Waals surface area contributed by atoms with Gasteiger partial charge in [0.1, 0.15) is 24.7 Å². The first kappa shape index (κ1) is 53.8. The molecule has 18 heteroatoms. The molecule has 0 atom stereocenters. The molecule has 0 fully saturated rings. The average Bonchev–Trinajstić information content (AvgIpc) is 3.28. The van der Waals surface area contributed by atoms with E-state index in [2.05, 4.69) is 88.8 Å². The molecule has 0 saturated heterocycles. The monoisotopic (exact) mass is 1090 g/mol. The van der Waals surface area contributed by atoms with Gasteiger partial charge in [-0.15, -0.1) is 0 Å². The Balaban J connectivity index is 0.000000330. The molecular formula is C44H62F2I2N6O8. The molecule has 0 spiro atoms. The maximum Gasteiger partial charge on any atom is 0.182 e. The number of rotatable bonds is 34. The summed E-state index contributed by atoms with van der Waals surface area (Å²) in [6.45, 7) is 13.5. The molecule has 0 N–H and O–H groups in total. The minimum absolute atomic E-state index is 0.0212. The van der Waals surface area contributed by atoms with Crippen LogP contribution in [0.4, 0.5) is 8.78 Å². The van der Waals surface area contributed by atoms with Crippen LogP contribution in [0, 0.1) is 7.14 Å². The van der Waals surface area contributed by atoms with Crippen molar-refractivity contribution in [3.05, 3.63) is 67.3 Å². The summed E-state index contributed by atoms with van der Waals surface area (Å²) >= 11 is 4.46. The van der Waals surface area contributed by atoms with Gasteiger partial charge < -0.3 is 38.2 Å². The first-order valence-electron chi connectivity index (χ1n) is 21.2. The Morgan fingerprint density at radius 2 is 0.968 bits per heavy atom. The topological polar surface area (TPSA) is 148 Å². The third kappa shape index (κ3) is 22.9. The Morgan fingerprint density at radius 1 is 0.565 bits per heavy atom. The van der Waals surface area contributed by atoms with E-state index in [4.69, 9.17) is 28.4 Å². The lowest BCUT2D eigenvalue weighted by molar-refractivity contribution is 0.00879. The van der Waals surface area contributed by atoms with Gasteiger partial charge in [0, 0.05) is 33.1 Å². The van der Waals surface area contributed by atoms with Crippen molar-refractivity contribution in [2.75, 3.05) is 132 Å².